The zero-order valence-electron chi connectivity index (χ0n) is 16.1. The molecule has 9 heteroatoms. The highest BCUT2D eigenvalue weighted by molar-refractivity contribution is 6.10. The van der Waals surface area contributed by atoms with Gasteiger partial charge in [0.05, 0.1) is 12.8 Å². The zero-order chi connectivity index (χ0) is 20.2. The van der Waals surface area contributed by atoms with Crippen LogP contribution >= 0.6 is 0 Å². The number of anilines is 1. The van der Waals surface area contributed by atoms with E-state index in [0.29, 0.717) is 5.96 Å². The first-order chi connectivity index (χ1) is 13.3. The van der Waals surface area contributed by atoms with Gasteiger partial charge in [-0.05, 0) is 25.5 Å². The average molecular weight is 383 g/mol. The number of fused-ring (bicyclic) bond motifs is 3. The van der Waals surface area contributed by atoms with Crippen LogP contribution in [0.5, 0.6) is 0 Å². The number of likely N-dealkylation sites (N-methyl/N-ethyl adjacent to an activating group) is 1. The second kappa shape index (κ2) is 6.36. The highest BCUT2D eigenvalue weighted by atomic mass is 16.5. The first-order valence-corrected chi connectivity index (χ1v) is 8.90. The number of guanidine groups is 1. The van der Waals surface area contributed by atoms with Crippen molar-refractivity contribution in [1.82, 2.24) is 14.7 Å². The van der Waals surface area contributed by atoms with Crippen LogP contribution in [0.1, 0.15) is 12.5 Å². The van der Waals surface area contributed by atoms with Crippen molar-refractivity contribution >= 4 is 29.6 Å². The normalized spacial score (nSPS) is 23.6. The largest absolute Gasteiger partial charge is 0.468 e. The summed E-state index contributed by atoms with van der Waals surface area (Å²) in [5.41, 5.74) is 2.94. The van der Waals surface area contributed by atoms with Crippen LogP contribution in [0.4, 0.5) is 10.5 Å². The molecule has 0 aromatic heterocycles. The lowest BCUT2D eigenvalue weighted by Gasteiger charge is -2.39. The molecule has 2 atom stereocenters. The predicted molar refractivity (Wildman–Crippen MR) is 101 cm³/mol. The summed E-state index contributed by atoms with van der Waals surface area (Å²) in [4.78, 5) is 48.1. The molecule has 2 unspecified atom stereocenters. The topological polar surface area (TPSA) is 85.8 Å². The summed E-state index contributed by atoms with van der Waals surface area (Å²) >= 11 is 0. The Morgan fingerprint density at radius 3 is 2.61 bits per heavy atom. The number of allylic oxidation sites excluding steroid dienone is 1. The summed E-state index contributed by atoms with van der Waals surface area (Å²) < 4.78 is 4.62. The van der Waals surface area contributed by atoms with Gasteiger partial charge >= 0.3 is 12.0 Å². The molecular formula is C19H21N5O4. The fraction of sp³-hybridized carbons (Fsp3) is 0.368. The quantitative estimate of drug-likeness (QED) is 0.727. The number of hydrogen-bond acceptors (Lipinski definition) is 7. The number of aryl methyl sites for hydroxylation is 1. The molecule has 0 bridgehead atoms. The predicted octanol–water partition coefficient (Wildman–Crippen LogP) is 1.11. The Bertz CT molecular complexity index is 940. The number of esters is 1. The lowest BCUT2D eigenvalue weighted by molar-refractivity contribution is -0.148. The van der Waals surface area contributed by atoms with Crippen molar-refractivity contribution in [2.24, 2.45) is 4.99 Å². The van der Waals surface area contributed by atoms with E-state index >= 15 is 0 Å². The second-order valence-electron chi connectivity index (χ2n) is 6.98. The summed E-state index contributed by atoms with van der Waals surface area (Å²) in [6.45, 7) is 3.53. The molecule has 0 saturated carbocycles. The van der Waals surface area contributed by atoms with Crippen LogP contribution in [0, 0.1) is 6.92 Å². The molecule has 4 rings (SSSR count). The zero-order valence-corrected chi connectivity index (χ0v) is 16.1. The Morgan fingerprint density at radius 2 is 1.93 bits per heavy atom. The molecule has 1 aromatic carbocycles. The summed E-state index contributed by atoms with van der Waals surface area (Å²) in [6.07, 6.45) is 1.20. The minimum atomic E-state index is -0.716. The SMILES string of the molecule is COC(=O)CN1C(=O)C2C(N=C3N(c4ccccc4C)C(C)=CN32)N(C)C1=O. The van der Waals surface area contributed by atoms with Crippen molar-refractivity contribution in [3.63, 3.8) is 0 Å². The maximum atomic E-state index is 13.1. The lowest BCUT2D eigenvalue weighted by atomic mass is 10.1. The summed E-state index contributed by atoms with van der Waals surface area (Å²) in [5.74, 6) is -0.523. The fourth-order valence-corrected chi connectivity index (χ4v) is 3.81. The van der Waals surface area contributed by atoms with E-state index in [0.717, 1.165) is 21.8 Å². The molecule has 146 valence electrons. The average Bonchev–Trinajstić information content (AvgIpc) is 3.18. The molecule has 1 aromatic rings. The standard InChI is InChI=1S/C19H21N5O4/c1-11-7-5-6-8-13(11)24-12(2)9-22-15-16(20-18(22)24)21(3)19(27)23(17(15)26)10-14(25)28-4/h5-9,15-16H,10H2,1-4H3. The summed E-state index contributed by atoms with van der Waals surface area (Å²) in [5, 5.41) is 0. The van der Waals surface area contributed by atoms with E-state index in [4.69, 9.17) is 4.99 Å². The molecular weight excluding hydrogens is 362 g/mol. The van der Waals surface area contributed by atoms with Gasteiger partial charge in [-0.25, -0.2) is 9.79 Å². The lowest BCUT2D eigenvalue weighted by Crippen LogP contribution is -2.65. The maximum absolute atomic E-state index is 13.1. The number of urea groups is 1. The number of rotatable bonds is 3. The highest BCUT2D eigenvalue weighted by Gasteiger charge is 2.54. The number of imide groups is 1. The van der Waals surface area contributed by atoms with Gasteiger partial charge in [-0.1, -0.05) is 18.2 Å². The number of amides is 3. The number of benzene rings is 1. The molecule has 0 aliphatic carbocycles. The van der Waals surface area contributed by atoms with Crippen molar-refractivity contribution < 1.29 is 19.1 Å². The molecule has 0 N–H and O–H groups in total. The van der Waals surface area contributed by atoms with Crippen LogP contribution in [-0.4, -0.2) is 71.5 Å². The Kier molecular flexibility index (Phi) is 4.10. The van der Waals surface area contributed by atoms with Crippen LogP contribution in [0.3, 0.4) is 0 Å². The number of aliphatic imine (C=N–C) groups is 1. The first-order valence-electron chi connectivity index (χ1n) is 8.90. The van der Waals surface area contributed by atoms with E-state index in [-0.39, 0.29) is 0 Å². The van der Waals surface area contributed by atoms with Crippen molar-refractivity contribution in [2.75, 3.05) is 25.6 Å². The van der Waals surface area contributed by atoms with Crippen LogP contribution < -0.4 is 4.90 Å². The molecule has 3 amide bonds. The third kappa shape index (κ3) is 2.46. The molecule has 3 aliphatic heterocycles. The number of nitrogens with zero attached hydrogens (tertiary/aromatic N) is 5. The van der Waals surface area contributed by atoms with Crippen LogP contribution in [0.15, 0.2) is 41.2 Å². The van der Waals surface area contributed by atoms with E-state index in [1.54, 1.807) is 11.9 Å². The first kappa shape index (κ1) is 18.0. The number of methoxy groups -OCH3 is 1. The van der Waals surface area contributed by atoms with Gasteiger partial charge in [0, 0.05) is 18.9 Å². The van der Waals surface area contributed by atoms with E-state index in [1.165, 1.54) is 12.0 Å². The van der Waals surface area contributed by atoms with Gasteiger partial charge in [-0.15, -0.1) is 0 Å². The summed E-state index contributed by atoms with van der Waals surface area (Å²) in [6, 6.07) is 6.62. The van der Waals surface area contributed by atoms with Gasteiger partial charge in [-0.2, -0.15) is 0 Å². The smallest absolute Gasteiger partial charge is 0.328 e. The molecule has 3 heterocycles. The minimum Gasteiger partial charge on any atom is -0.468 e. The molecule has 0 radical (unpaired) electrons. The van der Waals surface area contributed by atoms with Gasteiger partial charge < -0.3 is 14.5 Å². The molecule has 1 fully saturated rings. The Hall–Kier alpha value is -3.36. The van der Waals surface area contributed by atoms with E-state index in [1.807, 2.05) is 49.2 Å². The maximum Gasteiger partial charge on any atom is 0.328 e. The highest BCUT2D eigenvalue weighted by Crippen LogP contribution is 2.37. The number of para-hydroxylation sites is 1. The number of carbonyl (C=O) groups excluding carboxylic acids is 3. The molecule has 1 saturated heterocycles. The number of ether oxygens (including phenoxy) is 1. The molecule has 9 nitrogen and oxygen atoms in total. The second-order valence-corrected chi connectivity index (χ2v) is 6.98. The van der Waals surface area contributed by atoms with E-state index in [9.17, 15) is 14.4 Å². The summed E-state index contributed by atoms with van der Waals surface area (Å²) in [7, 11) is 2.80. The fourth-order valence-electron chi connectivity index (χ4n) is 3.81. The van der Waals surface area contributed by atoms with Crippen molar-refractivity contribution in [2.45, 2.75) is 26.1 Å². The molecule has 0 spiro atoms. The van der Waals surface area contributed by atoms with Crippen LogP contribution in [0.25, 0.3) is 0 Å². The third-order valence-electron chi connectivity index (χ3n) is 5.26. The Balaban J connectivity index is 1.71. The van der Waals surface area contributed by atoms with Gasteiger partial charge in [0.1, 0.15) is 6.54 Å². The Labute approximate surface area is 162 Å². The van der Waals surface area contributed by atoms with Crippen molar-refractivity contribution in [1.29, 1.82) is 0 Å². The third-order valence-corrected chi connectivity index (χ3v) is 5.26. The van der Waals surface area contributed by atoms with Gasteiger partial charge in [0.15, 0.2) is 12.2 Å². The van der Waals surface area contributed by atoms with Crippen LogP contribution in [-0.2, 0) is 14.3 Å². The number of hydrogen-bond donors (Lipinski definition) is 0. The minimum absolute atomic E-state index is 0.422. The Morgan fingerprint density at radius 1 is 1.21 bits per heavy atom. The molecule has 28 heavy (non-hydrogen) atoms. The van der Waals surface area contributed by atoms with Gasteiger partial charge in [0.2, 0.25) is 5.96 Å². The van der Waals surface area contributed by atoms with E-state index < -0.39 is 36.7 Å². The van der Waals surface area contributed by atoms with Crippen molar-refractivity contribution in [3.05, 3.63) is 41.7 Å². The van der Waals surface area contributed by atoms with Gasteiger partial charge in [-0.3, -0.25) is 19.4 Å². The van der Waals surface area contributed by atoms with Crippen molar-refractivity contribution in [3.8, 4) is 0 Å². The molecule has 3 aliphatic rings. The van der Waals surface area contributed by atoms with E-state index in [2.05, 4.69) is 4.74 Å². The van der Waals surface area contributed by atoms with Crippen LogP contribution in [0.2, 0.25) is 0 Å². The number of carbonyl (C=O) groups is 3. The van der Waals surface area contributed by atoms with Gasteiger partial charge in [0.25, 0.3) is 5.91 Å². The monoisotopic (exact) mass is 383 g/mol.